The fourth-order valence-corrected chi connectivity index (χ4v) is 1.52. The van der Waals surface area contributed by atoms with Gasteiger partial charge in [0, 0.05) is 11.6 Å². The Balaban J connectivity index is 0.00000121. The molecule has 0 N–H and O–H groups in total. The summed E-state index contributed by atoms with van der Waals surface area (Å²) in [7, 11) is 3.00. The zero-order chi connectivity index (χ0) is 13.4. The van der Waals surface area contributed by atoms with Gasteiger partial charge in [0.1, 0.15) is 16.5 Å². The summed E-state index contributed by atoms with van der Waals surface area (Å²) in [5.74, 6) is 1.22. The minimum absolute atomic E-state index is 0.260. The van der Waals surface area contributed by atoms with Crippen LogP contribution < -0.4 is 14.2 Å². The first-order valence-electron chi connectivity index (χ1n) is 5.12. The van der Waals surface area contributed by atoms with E-state index in [9.17, 15) is 0 Å². The highest BCUT2D eigenvalue weighted by molar-refractivity contribution is 6.33. The van der Waals surface area contributed by atoms with E-state index in [2.05, 4.69) is 0 Å². The minimum atomic E-state index is 0.260. The van der Waals surface area contributed by atoms with Crippen LogP contribution in [0.3, 0.4) is 0 Å². The topological polar surface area (TPSA) is 51.5 Å². The molecular weight excluding hydrogens is 242 g/mol. The minimum Gasteiger partial charge on any atom is -0.496 e. The first-order chi connectivity index (χ1) is 8.15. The van der Waals surface area contributed by atoms with Gasteiger partial charge in [0.15, 0.2) is 5.75 Å². The molecule has 0 aliphatic rings. The standard InChI is InChI=1S/C10H10ClNO3.C2H6/c1-6-7(13-2)4-8(14-3)9(11)10(6)15-5-12;1-2/h4H,1-3H3;1-2H3. The van der Waals surface area contributed by atoms with Gasteiger partial charge in [-0.1, -0.05) is 25.4 Å². The molecule has 1 rings (SSSR count). The quantitative estimate of drug-likeness (QED) is 0.777. The normalized spacial score (nSPS) is 8.53. The molecule has 0 aliphatic heterocycles. The number of halogens is 1. The number of hydrogen-bond acceptors (Lipinski definition) is 4. The van der Waals surface area contributed by atoms with Crippen molar-refractivity contribution in [1.82, 2.24) is 0 Å². The number of benzene rings is 1. The van der Waals surface area contributed by atoms with E-state index in [-0.39, 0.29) is 10.8 Å². The maximum atomic E-state index is 8.48. The van der Waals surface area contributed by atoms with Crippen LogP contribution in [0.1, 0.15) is 19.4 Å². The molecule has 0 atom stereocenters. The highest BCUT2D eigenvalue weighted by atomic mass is 35.5. The summed E-state index contributed by atoms with van der Waals surface area (Å²) in [5, 5.41) is 8.74. The lowest BCUT2D eigenvalue weighted by atomic mass is 10.2. The molecule has 0 unspecified atom stereocenters. The summed E-state index contributed by atoms with van der Waals surface area (Å²) >= 11 is 5.97. The van der Waals surface area contributed by atoms with Crippen molar-refractivity contribution in [1.29, 1.82) is 5.26 Å². The average Bonchev–Trinajstić information content (AvgIpc) is 2.37. The molecule has 5 heteroatoms. The van der Waals surface area contributed by atoms with Crippen molar-refractivity contribution < 1.29 is 14.2 Å². The third kappa shape index (κ3) is 3.43. The largest absolute Gasteiger partial charge is 0.496 e. The fourth-order valence-electron chi connectivity index (χ4n) is 1.21. The van der Waals surface area contributed by atoms with Gasteiger partial charge in [0.25, 0.3) is 6.26 Å². The van der Waals surface area contributed by atoms with Crippen LogP contribution in [0.25, 0.3) is 0 Å². The molecule has 4 nitrogen and oxygen atoms in total. The summed E-state index contributed by atoms with van der Waals surface area (Å²) in [6, 6.07) is 1.64. The van der Waals surface area contributed by atoms with Crippen LogP contribution in [0.2, 0.25) is 5.02 Å². The SMILES string of the molecule is CC.COc1cc(OC)c(Cl)c(OC#N)c1C. The van der Waals surface area contributed by atoms with Crippen LogP contribution in [-0.2, 0) is 0 Å². The van der Waals surface area contributed by atoms with Gasteiger partial charge in [-0.25, -0.2) is 0 Å². The van der Waals surface area contributed by atoms with E-state index in [0.29, 0.717) is 17.1 Å². The van der Waals surface area contributed by atoms with Gasteiger partial charge >= 0.3 is 0 Å². The first-order valence-corrected chi connectivity index (χ1v) is 5.50. The van der Waals surface area contributed by atoms with Gasteiger partial charge < -0.3 is 14.2 Å². The third-order valence-electron chi connectivity index (χ3n) is 1.98. The van der Waals surface area contributed by atoms with Crippen LogP contribution in [0.4, 0.5) is 0 Å². The van der Waals surface area contributed by atoms with E-state index in [1.165, 1.54) is 14.2 Å². The number of ether oxygens (including phenoxy) is 3. The number of methoxy groups -OCH3 is 2. The summed E-state index contributed by atoms with van der Waals surface area (Å²) in [6.45, 7) is 5.75. The van der Waals surface area contributed by atoms with Gasteiger partial charge in [0.05, 0.1) is 14.2 Å². The van der Waals surface area contributed by atoms with Crippen molar-refractivity contribution in [3.63, 3.8) is 0 Å². The fraction of sp³-hybridized carbons (Fsp3) is 0.417. The highest BCUT2D eigenvalue weighted by Gasteiger charge is 2.16. The van der Waals surface area contributed by atoms with Crippen molar-refractivity contribution in [2.24, 2.45) is 0 Å². The van der Waals surface area contributed by atoms with Crippen LogP contribution in [0.5, 0.6) is 17.2 Å². The maximum absolute atomic E-state index is 8.48. The van der Waals surface area contributed by atoms with Crippen molar-refractivity contribution in [3.05, 3.63) is 16.7 Å². The predicted octanol–water partition coefficient (Wildman–Crippen LogP) is 3.55. The Morgan fingerprint density at radius 1 is 1.18 bits per heavy atom. The van der Waals surface area contributed by atoms with Gasteiger partial charge in [-0.05, 0) is 6.92 Å². The van der Waals surface area contributed by atoms with E-state index in [1.807, 2.05) is 13.8 Å². The van der Waals surface area contributed by atoms with E-state index < -0.39 is 0 Å². The second-order valence-corrected chi connectivity index (χ2v) is 3.12. The van der Waals surface area contributed by atoms with Crippen molar-refractivity contribution in [2.75, 3.05) is 14.2 Å². The lowest BCUT2D eigenvalue weighted by Gasteiger charge is -2.12. The average molecular weight is 258 g/mol. The monoisotopic (exact) mass is 257 g/mol. The van der Waals surface area contributed by atoms with E-state index in [1.54, 1.807) is 19.2 Å². The third-order valence-corrected chi connectivity index (χ3v) is 2.33. The molecule has 0 saturated heterocycles. The van der Waals surface area contributed by atoms with Gasteiger partial charge in [-0.15, -0.1) is 5.26 Å². The number of rotatable bonds is 3. The zero-order valence-electron chi connectivity index (χ0n) is 10.6. The Hall–Kier alpha value is -1.60. The van der Waals surface area contributed by atoms with Crippen LogP contribution >= 0.6 is 11.6 Å². The second-order valence-electron chi connectivity index (χ2n) is 2.74. The predicted molar refractivity (Wildman–Crippen MR) is 66.9 cm³/mol. The Morgan fingerprint density at radius 3 is 2.12 bits per heavy atom. The first kappa shape index (κ1) is 15.4. The highest BCUT2D eigenvalue weighted by Crippen LogP contribution is 2.41. The molecule has 0 heterocycles. The lowest BCUT2D eigenvalue weighted by molar-refractivity contribution is 0.385. The number of nitrogens with zero attached hydrogens (tertiary/aromatic N) is 1. The number of hydrogen-bond donors (Lipinski definition) is 0. The van der Waals surface area contributed by atoms with E-state index in [4.69, 9.17) is 31.1 Å². The Bertz CT molecular complexity index is 385. The Kier molecular flexibility index (Phi) is 6.92. The van der Waals surface area contributed by atoms with Gasteiger partial charge in [-0.3, -0.25) is 0 Å². The molecule has 0 fully saturated rings. The van der Waals surface area contributed by atoms with Gasteiger partial charge in [0.2, 0.25) is 0 Å². The lowest BCUT2D eigenvalue weighted by Crippen LogP contribution is -1.95. The van der Waals surface area contributed by atoms with Crippen LogP contribution in [-0.4, -0.2) is 14.2 Å². The molecule has 0 spiro atoms. The molecule has 0 aliphatic carbocycles. The molecule has 1 aromatic carbocycles. The molecule has 0 saturated carbocycles. The molecule has 0 radical (unpaired) electrons. The summed E-state index contributed by atoms with van der Waals surface area (Å²) < 4.78 is 14.9. The van der Waals surface area contributed by atoms with Crippen molar-refractivity contribution in [2.45, 2.75) is 20.8 Å². The molecule has 0 bridgehead atoms. The Labute approximate surface area is 107 Å². The number of nitriles is 1. The smallest absolute Gasteiger partial charge is 0.292 e. The molecule has 0 aromatic heterocycles. The van der Waals surface area contributed by atoms with Crippen molar-refractivity contribution >= 4 is 11.6 Å². The summed E-state index contributed by atoms with van der Waals surface area (Å²) in [4.78, 5) is 0. The summed E-state index contributed by atoms with van der Waals surface area (Å²) in [6.07, 6.45) is 1.57. The molecule has 1 aromatic rings. The van der Waals surface area contributed by atoms with E-state index in [0.717, 1.165) is 0 Å². The molecule has 0 amide bonds. The van der Waals surface area contributed by atoms with Gasteiger partial charge in [-0.2, -0.15) is 0 Å². The van der Waals surface area contributed by atoms with Crippen LogP contribution in [0, 0.1) is 18.4 Å². The van der Waals surface area contributed by atoms with Crippen molar-refractivity contribution in [3.8, 4) is 23.5 Å². The molecule has 17 heavy (non-hydrogen) atoms. The Morgan fingerprint density at radius 2 is 1.71 bits per heavy atom. The summed E-state index contributed by atoms with van der Waals surface area (Å²) in [5.41, 5.74) is 0.657. The zero-order valence-corrected chi connectivity index (χ0v) is 11.4. The van der Waals surface area contributed by atoms with E-state index >= 15 is 0 Å². The van der Waals surface area contributed by atoms with Crippen LogP contribution in [0.15, 0.2) is 6.07 Å². The molecular formula is C12H16ClNO3. The maximum Gasteiger partial charge on any atom is 0.292 e. The molecule has 94 valence electrons. The second kappa shape index (κ2) is 7.64.